The molecule has 4 heterocycles. The van der Waals surface area contributed by atoms with E-state index >= 15 is 4.39 Å². The summed E-state index contributed by atoms with van der Waals surface area (Å²) in [6.07, 6.45) is 7.07. The normalized spacial score (nSPS) is 25.5. The molecule has 2 saturated carbocycles. The first kappa shape index (κ1) is 23.8. The second-order valence-corrected chi connectivity index (χ2v) is 11.9. The molecule has 0 radical (unpaired) electrons. The Balaban J connectivity index is 1.06. The maximum Gasteiger partial charge on any atom is 0.248 e. The largest absolute Gasteiger partial charge is 0.368 e. The van der Waals surface area contributed by atoms with E-state index in [2.05, 4.69) is 42.1 Å². The lowest BCUT2D eigenvalue weighted by Crippen LogP contribution is -2.56. The summed E-state index contributed by atoms with van der Waals surface area (Å²) in [4.78, 5) is 18.0. The summed E-state index contributed by atoms with van der Waals surface area (Å²) in [7, 11) is 0. The lowest BCUT2D eigenvalue weighted by molar-refractivity contribution is 0.0900. The summed E-state index contributed by atoms with van der Waals surface area (Å²) in [6, 6.07) is 6.37. The van der Waals surface area contributed by atoms with Crippen molar-refractivity contribution in [1.82, 2.24) is 29.6 Å². The molecule has 2 bridgehead atoms. The summed E-state index contributed by atoms with van der Waals surface area (Å²) in [6.45, 7) is 6.98. The van der Waals surface area contributed by atoms with Gasteiger partial charge in [-0.05, 0) is 74.1 Å². The van der Waals surface area contributed by atoms with Crippen LogP contribution in [0.3, 0.4) is 0 Å². The zero-order valence-electron chi connectivity index (χ0n) is 21.6. The number of halogens is 1. The Labute approximate surface area is 224 Å². The summed E-state index contributed by atoms with van der Waals surface area (Å²) in [5, 5.41) is 9.62. The molecule has 2 aliphatic carbocycles. The van der Waals surface area contributed by atoms with E-state index in [-0.39, 0.29) is 17.7 Å². The third-order valence-corrected chi connectivity index (χ3v) is 9.78. The number of thiophene rings is 1. The van der Waals surface area contributed by atoms with Crippen LogP contribution in [0.1, 0.15) is 38.2 Å². The molecule has 3 N–H and O–H groups in total. The van der Waals surface area contributed by atoms with Crippen LogP contribution in [0.2, 0.25) is 0 Å². The van der Waals surface area contributed by atoms with E-state index in [1.165, 1.54) is 54.1 Å². The number of piperazine rings is 1. The highest BCUT2D eigenvalue weighted by atomic mass is 32.1. The maximum atomic E-state index is 15.3. The van der Waals surface area contributed by atoms with Crippen molar-refractivity contribution < 1.29 is 4.39 Å². The van der Waals surface area contributed by atoms with Crippen LogP contribution in [0.5, 0.6) is 0 Å². The maximum absolute atomic E-state index is 15.3. The first-order valence-corrected chi connectivity index (χ1v) is 14.3. The van der Waals surface area contributed by atoms with Crippen LogP contribution in [0.15, 0.2) is 29.9 Å². The summed E-state index contributed by atoms with van der Waals surface area (Å²) < 4.78 is 17.7. The highest BCUT2D eigenvalue weighted by Gasteiger charge is 2.44. The zero-order valence-corrected chi connectivity index (χ0v) is 22.5. The number of fused-ring (bicyclic) bond motifs is 3. The smallest absolute Gasteiger partial charge is 0.248 e. The van der Waals surface area contributed by atoms with Gasteiger partial charge in [-0.2, -0.15) is 9.67 Å². The molecule has 4 aromatic rings. The van der Waals surface area contributed by atoms with Crippen LogP contribution in [0.25, 0.3) is 16.0 Å². The van der Waals surface area contributed by atoms with E-state index in [4.69, 9.17) is 5.73 Å². The number of benzene rings is 1. The van der Waals surface area contributed by atoms with Gasteiger partial charge in [0.2, 0.25) is 11.9 Å². The Hall–Kier alpha value is -3.31. The van der Waals surface area contributed by atoms with Gasteiger partial charge in [-0.25, -0.2) is 14.4 Å². The molecule has 9 nitrogen and oxygen atoms in total. The van der Waals surface area contributed by atoms with E-state index in [1.807, 2.05) is 24.4 Å². The first-order chi connectivity index (χ1) is 18.4. The fourth-order valence-corrected chi connectivity index (χ4v) is 7.89. The number of rotatable bonds is 5. The van der Waals surface area contributed by atoms with Gasteiger partial charge >= 0.3 is 0 Å². The molecular weight excluding hydrogens is 501 g/mol. The molecule has 11 heteroatoms. The van der Waals surface area contributed by atoms with Crippen LogP contribution in [0.4, 0.5) is 27.7 Å². The molecule has 1 saturated heterocycles. The molecule has 3 fully saturated rings. The standard InChI is InChI=1S/C27H32FN9S/c1-15-13-38-24-23(15)30-14-31-25(24)37-26(29)33-27(34-37)32-19-5-6-21(20(28)11-19)35-7-8-36(16(2)12-35)22-10-17-3-4-18(22)9-17/h5-6,11,13-14,16-18,22H,3-4,7-10,12H2,1-2H3,(H3,29,32,33,34)/t16-,17-,18+,22+/m1/s1. The SMILES string of the molecule is Cc1csc2c(-n3nc(Nc4ccc(N5CCN([C@H]6C[C@@H]7CC[C@H]6C7)[C@H](C)C5)c(F)c4)nc3N)ncnc12. The number of aryl methyl sites for hydroxylation is 1. The Morgan fingerprint density at radius 3 is 2.82 bits per heavy atom. The van der Waals surface area contributed by atoms with E-state index in [0.29, 0.717) is 23.2 Å². The lowest BCUT2D eigenvalue weighted by atomic mass is 9.92. The average molecular weight is 534 g/mol. The molecule has 7 rings (SSSR count). The second kappa shape index (κ2) is 9.16. The van der Waals surface area contributed by atoms with Gasteiger partial charge in [-0.3, -0.25) is 4.90 Å². The number of nitrogens with zero attached hydrogens (tertiary/aromatic N) is 7. The minimum absolute atomic E-state index is 0.193. The van der Waals surface area contributed by atoms with Gasteiger partial charge < -0.3 is 16.0 Å². The molecule has 4 atom stereocenters. The minimum Gasteiger partial charge on any atom is -0.368 e. The van der Waals surface area contributed by atoms with Crippen molar-refractivity contribution in [2.75, 3.05) is 35.6 Å². The van der Waals surface area contributed by atoms with Crippen molar-refractivity contribution in [3.05, 3.63) is 41.3 Å². The second-order valence-electron chi connectivity index (χ2n) is 11.1. The molecule has 198 valence electrons. The quantitative estimate of drug-likeness (QED) is 0.379. The van der Waals surface area contributed by atoms with Crippen LogP contribution in [0, 0.1) is 24.6 Å². The Morgan fingerprint density at radius 2 is 2.05 bits per heavy atom. The number of hydrogen-bond donors (Lipinski definition) is 2. The molecule has 1 aliphatic heterocycles. The van der Waals surface area contributed by atoms with Crippen LogP contribution < -0.4 is 16.0 Å². The number of anilines is 4. The van der Waals surface area contributed by atoms with Crippen LogP contribution in [-0.4, -0.2) is 61.4 Å². The van der Waals surface area contributed by atoms with E-state index in [1.54, 1.807) is 0 Å². The van der Waals surface area contributed by atoms with Crippen molar-refractivity contribution in [1.29, 1.82) is 0 Å². The van der Waals surface area contributed by atoms with E-state index in [9.17, 15) is 0 Å². The van der Waals surface area contributed by atoms with Crippen molar-refractivity contribution >= 4 is 44.8 Å². The lowest BCUT2D eigenvalue weighted by Gasteiger charge is -2.46. The summed E-state index contributed by atoms with van der Waals surface area (Å²) in [5.74, 6) is 2.60. The molecule has 38 heavy (non-hydrogen) atoms. The first-order valence-electron chi connectivity index (χ1n) is 13.4. The summed E-state index contributed by atoms with van der Waals surface area (Å²) >= 11 is 1.54. The van der Waals surface area contributed by atoms with Crippen LogP contribution >= 0.6 is 11.3 Å². The third-order valence-electron chi connectivity index (χ3n) is 8.70. The number of nitrogen functional groups attached to an aromatic ring is 1. The molecule has 0 amide bonds. The Morgan fingerprint density at radius 1 is 1.16 bits per heavy atom. The third kappa shape index (κ3) is 3.99. The average Bonchev–Trinajstić information content (AvgIpc) is 3.69. The predicted octanol–water partition coefficient (Wildman–Crippen LogP) is 4.74. The molecule has 0 spiro atoms. The highest BCUT2D eigenvalue weighted by molar-refractivity contribution is 7.17. The molecule has 3 aliphatic rings. The molecule has 3 aromatic heterocycles. The molecule has 0 unspecified atom stereocenters. The van der Waals surface area contributed by atoms with Crippen molar-refractivity contribution in [2.45, 2.75) is 51.6 Å². The van der Waals surface area contributed by atoms with Crippen molar-refractivity contribution in [2.24, 2.45) is 11.8 Å². The fraction of sp³-hybridized carbons (Fsp3) is 0.481. The van der Waals surface area contributed by atoms with Gasteiger partial charge in [0, 0.05) is 37.4 Å². The number of nitrogens with two attached hydrogens (primary N) is 1. The fourth-order valence-electron chi connectivity index (χ4n) is 6.91. The monoisotopic (exact) mass is 533 g/mol. The Kier molecular flexibility index (Phi) is 5.73. The van der Waals surface area contributed by atoms with Gasteiger partial charge in [-0.15, -0.1) is 16.4 Å². The zero-order chi connectivity index (χ0) is 26.0. The van der Waals surface area contributed by atoms with Gasteiger partial charge in [0.05, 0.1) is 15.9 Å². The highest BCUT2D eigenvalue weighted by Crippen LogP contribution is 2.47. The van der Waals surface area contributed by atoms with Gasteiger partial charge in [-0.1, -0.05) is 6.42 Å². The van der Waals surface area contributed by atoms with Gasteiger partial charge in [0.25, 0.3) is 0 Å². The van der Waals surface area contributed by atoms with Gasteiger partial charge in [0.1, 0.15) is 12.1 Å². The van der Waals surface area contributed by atoms with Crippen molar-refractivity contribution in [3.63, 3.8) is 0 Å². The Bertz CT molecular complexity index is 1500. The van der Waals surface area contributed by atoms with E-state index in [0.717, 1.165) is 53.3 Å². The topological polar surface area (TPSA) is 101 Å². The molecule has 1 aromatic carbocycles. The molecular formula is C27H32FN9S. The van der Waals surface area contributed by atoms with Crippen LogP contribution in [-0.2, 0) is 0 Å². The van der Waals surface area contributed by atoms with Crippen molar-refractivity contribution in [3.8, 4) is 5.82 Å². The van der Waals surface area contributed by atoms with Gasteiger partial charge in [0.15, 0.2) is 5.82 Å². The number of aromatic nitrogens is 5. The number of hydrogen-bond acceptors (Lipinski definition) is 9. The minimum atomic E-state index is -0.255. The summed E-state index contributed by atoms with van der Waals surface area (Å²) in [5.41, 5.74) is 9.32. The van der Waals surface area contributed by atoms with E-state index < -0.39 is 0 Å². The predicted molar refractivity (Wildman–Crippen MR) is 149 cm³/mol. The number of nitrogens with one attached hydrogen (secondary N) is 1.